The van der Waals surface area contributed by atoms with E-state index in [0.717, 1.165) is 23.3 Å². The second-order valence-electron chi connectivity index (χ2n) is 4.61. The van der Waals surface area contributed by atoms with Crippen molar-refractivity contribution in [2.45, 2.75) is 31.4 Å². The molecule has 1 aliphatic rings. The Morgan fingerprint density at radius 1 is 1.50 bits per heavy atom. The number of hydrogen-bond acceptors (Lipinski definition) is 3. The Morgan fingerprint density at radius 2 is 2.28 bits per heavy atom. The lowest BCUT2D eigenvalue weighted by atomic mass is 10.1. The van der Waals surface area contributed by atoms with Crippen molar-refractivity contribution in [3.63, 3.8) is 0 Å². The molecular weight excluding hydrogens is 246 g/mol. The van der Waals surface area contributed by atoms with Crippen LogP contribution in [0.4, 0.5) is 0 Å². The van der Waals surface area contributed by atoms with Crippen molar-refractivity contribution in [1.29, 1.82) is 0 Å². The zero-order chi connectivity index (χ0) is 13.0. The van der Waals surface area contributed by atoms with E-state index in [-0.39, 0.29) is 11.9 Å². The van der Waals surface area contributed by atoms with Gasteiger partial charge in [-0.3, -0.25) is 4.79 Å². The van der Waals surface area contributed by atoms with E-state index in [1.807, 2.05) is 30.5 Å². The van der Waals surface area contributed by atoms with Crippen molar-refractivity contribution in [3.8, 4) is 0 Å². The maximum absolute atomic E-state index is 11.8. The fourth-order valence-electron chi connectivity index (χ4n) is 2.37. The van der Waals surface area contributed by atoms with Crippen molar-refractivity contribution >= 4 is 17.7 Å². The molecule has 2 rings (SSSR count). The highest BCUT2D eigenvalue weighted by molar-refractivity contribution is 7.98. The van der Waals surface area contributed by atoms with Gasteiger partial charge in [0.2, 0.25) is 5.91 Å². The van der Waals surface area contributed by atoms with E-state index in [4.69, 9.17) is 0 Å². The van der Waals surface area contributed by atoms with E-state index in [0.29, 0.717) is 12.8 Å². The van der Waals surface area contributed by atoms with Crippen LogP contribution < -0.4 is 5.32 Å². The number of benzene rings is 1. The normalized spacial score (nSPS) is 21.7. The van der Waals surface area contributed by atoms with Gasteiger partial charge >= 0.3 is 0 Å². The molecule has 0 bridgehead atoms. The summed E-state index contributed by atoms with van der Waals surface area (Å²) < 4.78 is 0. The molecule has 18 heavy (non-hydrogen) atoms. The van der Waals surface area contributed by atoms with Crippen molar-refractivity contribution < 1.29 is 9.90 Å². The van der Waals surface area contributed by atoms with Gasteiger partial charge in [-0.2, -0.15) is 11.8 Å². The number of carbonyl (C=O) groups excluding carboxylic acids is 1. The zero-order valence-electron chi connectivity index (χ0n) is 10.6. The Kier molecular flexibility index (Phi) is 4.66. The summed E-state index contributed by atoms with van der Waals surface area (Å²) in [6.07, 6.45) is 3.59. The maximum atomic E-state index is 11.8. The van der Waals surface area contributed by atoms with Crippen LogP contribution in [0.1, 0.15) is 30.0 Å². The molecule has 0 spiro atoms. The highest BCUT2D eigenvalue weighted by Crippen LogP contribution is 2.31. The number of fused-ring (bicyclic) bond motifs is 1. The summed E-state index contributed by atoms with van der Waals surface area (Å²) in [4.78, 5) is 11.8. The van der Waals surface area contributed by atoms with Crippen molar-refractivity contribution in [3.05, 3.63) is 35.4 Å². The molecule has 1 aromatic rings. The first-order valence-electron chi connectivity index (χ1n) is 6.26. The fourth-order valence-corrected chi connectivity index (χ4v) is 2.80. The number of aliphatic hydroxyl groups is 1. The minimum absolute atomic E-state index is 0.0322. The first-order chi connectivity index (χ1) is 8.72. The average Bonchev–Trinajstić information content (AvgIpc) is 2.67. The van der Waals surface area contributed by atoms with Gasteiger partial charge in [0.25, 0.3) is 0 Å². The van der Waals surface area contributed by atoms with E-state index in [1.165, 1.54) is 0 Å². The molecule has 0 fully saturated rings. The Balaban J connectivity index is 1.95. The highest BCUT2D eigenvalue weighted by atomic mass is 32.2. The first-order valence-corrected chi connectivity index (χ1v) is 7.66. The lowest BCUT2D eigenvalue weighted by Crippen LogP contribution is -2.33. The number of aliphatic hydroxyl groups excluding tert-OH is 1. The summed E-state index contributed by atoms with van der Waals surface area (Å²) in [7, 11) is 0. The second-order valence-corrected chi connectivity index (χ2v) is 5.60. The fraction of sp³-hybridized carbons (Fsp3) is 0.500. The van der Waals surface area contributed by atoms with Crippen molar-refractivity contribution in [2.75, 3.05) is 12.0 Å². The topological polar surface area (TPSA) is 49.3 Å². The van der Waals surface area contributed by atoms with Crippen molar-refractivity contribution in [1.82, 2.24) is 5.32 Å². The molecule has 2 atom stereocenters. The summed E-state index contributed by atoms with van der Waals surface area (Å²) in [5.41, 5.74) is 2.20. The van der Waals surface area contributed by atoms with Gasteiger partial charge in [-0.25, -0.2) is 0 Å². The van der Waals surface area contributed by atoms with Crippen LogP contribution in [0, 0.1) is 0 Å². The number of carbonyl (C=O) groups is 1. The quantitative estimate of drug-likeness (QED) is 0.800. The van der Waals surface area contributed by atoms with Gasteiger partial charge in [-0.15, -0.1) is 0 Å². The summed E-state index contributed by atoms with van der Waals surface area (Å²) in [6, 6.07) is 7.68. The number of thioether (sulfide) groups is 1. The Labute approximate surface area is 112 Å². The van der Waals surface area contributed by atoms with Crippen LogP contribution in [-0.4, -0.2) is 29.1 Å². The lowest BCUT2D eigenvalue weighted by Gasteiger charge is -2.17. The van der Waals surface area contributed by atoms with Crippen LogP contribution in [-0.2, 0) is 11.2 Å². The van der Waals surface area contributed by atoms with Gasteiger partial charge in [0.15, 0.2) is 0 Å². The summed E-state index contributed by atoms with van der Waals surface area (Å²) in [5.74, 6) is 1.03. The number of nitrogens with one attached hydrogen (secondary N) is 1. The summed E-state index contributed by atoms with van der Waals surface area (Å²) >= 11 is 1.75. The van der Waals surface area contributed by atoms with E-state index in [2.05, 4.69) is 5.32 Å². The summed E-state index contributed by atoms with van der Waals surface area (Å²) in [6.45, 7) is 0. The van der Waals surface area contributed by atoms with Crippen LogP contribution in [0.3, 0.4) is 0 Å². The average molecular weight is 265 g/mol. The first kappa shape index (κ1) is 13.4. The van der Waals surface area contributed by atoms with Gasteiger partial charge in [0.1, 0.15) is 0 Å². The molecule has 1 amide bonds. The zero-order valence-corrected chi connectivity index (χ0v) is 11.4. The molecule has 0 unspecified atom stereocenters. The van der Waals surface area contributed by atoms with Crippen LogP contribution >= 0.6 is 11.8 Å². The molecule has 4 heteroatoms. The standard InChI is InChI=1S/C14H19NO2S/c1-18-8-4-7-13(17)15-14-11-6-3-2-5-10(11)9-12(14)16/h2-3,5-6,12,14,16H,4,7-9H2,1H3,(H,15,17)/t12-,14+/m1/s1. The van der Waals surface area contributed by atoms with Gasteiger partial charge in [0.05, 0.1) is 12.1 Å². The third-order valence-corrected chi connectivity index (χ3v) is 3.97. The molecule has 0 heterocycles. The van der Waals surface area contributed by atoms with Crippen LogP contribution in [0.5, 0.6) is 0 Å². The Morgan fingerprint density at radius 3 is 3.06 bits per heavy atom. The molecule has 0 saturated heterocycles. The van der Waals surface area contributed by atoms with Gasteiger partial charge in [-0.1, -0.05) is 24.3 Å². The van der Waals surface area contributed by atoms with E-state index in [1.54, 1.807) is 11.8 Å². The van der Waals surface area contributed by atoms with Gasteiger partial charge in [0, 0.05) is 12.8 Å². The molecule has 1 aliphatic carbocycles. The third kappa shape index (κ3) is 3.06. The van der Waals surface area contributed by atoms with Crippen molar-refractivity contribution in [2.24, 2.45) is 0 Å². The van der Waals surface area contributed by atoms with Gasteiger partial charge in [-0.05, 0) is 29.6 Å². The lowest BCUT2D eigenvalue weighted by molar-refractivity contribution is -0.122. The third-order valence-electron chi connectivity index (χ3n) is 3.27. The SMILES string of the molecule is CSCCCC(=O)N[C@H]1c2ccccc2C[C@H]1O. The molecule has 2 N–H and O–H groups in total. The molecule has 1 aromatic carbocycles. The maximum Gasteiger partial charge on any atom is 0.220 e. The molecule has 98 valence electrons. The number of amides is 1. The van der Waals surface area contributed by atoms with Gasteiger partial charge < -0.3 is 10.4 Å². The molecule has 0 saturated carbocycles. The Hall–Kier alpha value is -1.00. The number of hydrogen-bond donors (Lipinski definition) is 2. The molecular formula is C14H19NO2S. The monoisotopic (exact) mass is 265 g/mol. The Bertz CT molecular complexity index is 422. The molecule has 3 nitrogen and oxygen atoms in total. The van der Waals surface area contributed by atoms with Crippen LogP contribution in [0.15, 0.2) is 24.3 Å². The molecule has 0 aliphatic heterocycles. The highest BCUT2D eigenvalue weighted by Gasteiger charge is 2.31. The minimum atomic E-state index is -0.494. The molecule has 0 radical (unpaired) electrons. The van der Waals surface area contributed by atoms with E-state index in [9.17, 15) is 9.90 Å². The predicted octanol–water partition coefficient (Wildman–Crippen LogP) is 1.90. The second kappa shape index (κ2) is 6.25. The summed E-state index contributed by atoms with van der Waals surface area (Å²) in [5, 5.41) is 13.0. The largest absolute Gasteiger partial charge is 0.390 e. The predicted molar refractivity (Wildman–Crippen MR) is 74.7 cm³/mol. The van der Waals surface area contributed by atoms with E-state index < -0.39 is 6.10 Å². The van der Waals surface area contributed by atoms with Crippen LogP contribution in [0.2, 0.25) is 0 Å². The van der Waals surface area contributed by atoms with Crippen LogP contribution in [0.25, 0.3) is 0 Å². The molecule has 0 aromatic heterocycles. The van der Waals surface area contributed by atoms with E-state index >= 15 is 0 Å². The smallest absolute Gasteiger partial charge is 0.220 e. The number of rotatable bonds is 5. The minimum Gasteiger partial charge on any atom is -0.390 e.